The first-order valence-corrected chi connectivity index (χ1v) is 10.3. The molecule has 2 amide bonds. The highest BCUT2D eigenvalue weighted by Gasteiger charge is 2.42. The number of aryl methyl sites for hydroxylation is 1. The molecule has 6 nitrogen and oxygen atoms in total. The average molecular weight is 429 g/mol. The molecular weight excluding hydrogens is 399 g/mol. The summed E-state index contributed by atoms with van der Waals surface area (Å²) in [6.45, 7) is 7.60. The Morgan fingerprint density at radius 2 is 1.87 bits per heavy atom. The molecule has 0 saturated carbocycles. The second-order valence-corrected chi connectivity index (χ2v) is 8.76. The fourth-order valence-electron chi connectivity index (χ4n) is 3.43. The molecule has 0 radical (unpaired) electrons. The van der Waals surface area contributed by atoms with Crippen molar-refractivity contribution in [3.05, 3.63) is 65.5 Å². The van der Waals surface area contributed by atoms with Crippen LogP contribution in [0.4, 0.5) is 14.9 Å². The molecule has 1 heterocycles. The maximum atomic E-state index is 13.5. The van der Waals surface area contributed by atoms with E-state index < -0.39 is 17.7 Å². The fraction of sp³-hybridized carbons (Fsp3) is 0.417. The molecule has 2 atom stereocenters. The Morgan fingerprint density at radius 3 is 2.52 bits per heavy atom. The molecule has 1 fully saturated rings. The third kappa shape index (κ3) is 6.28. The number of nitrogens with zero attached hydrogens (tertiary/aromatic N) is 1. The van der Waals surface area contributed by atoms with Gasteiger partial charge in [-0.25, -0.2) is 9.18 Å². The SMILES string of the molecule is Cc1cc(NC(=O)[C@@H]2C[C@H](OCc3ccccc3)CN2C(=O)OC(C)(C)C)ccc1F. The highest BCUT2D eigenvalue weighted by molar-refractivity contribution is 5.97. The van der Waals surface area contributed by atoms with E-state index in [0.717, 1.165) is 5.56 Å². The first-order chi connectivity index (χ1) is 14.6. The molecule has 166 valence electrons. The maximum Gasteiger partial charge on any atom is 0.411 e. The minimum Gasteiger partial charge on any atom is -0.444 e. The zero-order chi connectivity index (χ0) is 22.6. The average Bonchev–Trinajstić information content (AvgIpc) is 3.13. The number of carbonyl (C=O) groups is 2. The van der Waals surface area contributed by atoms with E-state index in [0.29, 0.717) is 24.3 Å². The normalized spacial score (nSPS) is 18.7. The number of likely N-dealkylation sites (tertiary alicyclic amines) is 1. The number of hydrogen-bond donors (Lipinski definition) is 1. The number of nitrogens with one attached hydrogen (secondary N) is 1. The van der Waals surface area contributed by atoms with Crippen LogP contribution in [0.5, 0.6) is 0 Å². The van der Waals surface area contributed by atoms with Crippen LogP contribution in [0.15, 0.2) is 48.5 Å². The van der Waals surface area contributed by atoms with Gasteiger partial charge in [0.05, 0.1) is 19.3 Å². The molecule has 0 bridgehead atoms. The van der Waals surface area contributed by atoms with Crippen LogP contribution in [0, 0.1) is 12.7 Å². The van der Waals surface area contributed by atoms with Gasteiger partial charge in [0.15, 0.2) is 0 Å². The third-order valence-electron chi connectivity index (χ3n) is 4.95. The lowest BCUT2D eigenvalue weighted by atomic mass is 10.1. The summed E-state index contributed by atoms with van der Waals surface area (Å²) in [5, 5.41) is 2.78. The summed E-state index contributed by atoms with van der Waals surface area (Å²) in [7, 11) is 0. The van der Waals surface area contributed by atoms with Gasteiger partial charge in [-0.15, -0.1) is 0 Å². The van der Waals surface area contributed by atoms with Gasteiger partial charge in [0.2, 0.25) is 5.91 Å². The van der Waals surface area contributed by atoms with E-state index in [1.807, 2.05) is 30.3 Å². The number of carbonyl (C=O) groups excluding carboxylic acids is 2. The Morgan fingerprint density at radius 1 is 1.16 bits per heavy atom. The zero-order valence-corrected chi connectivity index (χ0v) is 18.4. The van der Waals surface area contributed by atoms with Crippen LogP contribution in [0.3, 0.4) is 0 Å². The van der Waals surface area contributed by atoms with E-state index in [1.165, 1.54) is 17.0 Å². The van der Waals surface area contributed by atoms with Crippen LogP contribution in [0.1, 0.15) is 38.3 Å². The van der Waals surface area contributed by atoms with Crippen LogP contribution in [0.25, 0.3) is 0 Å². The van der Waals surface area contributed by atoms with Crippen molar-refractivity contribution in [3.8, 4) is 0 Å². The molecule has 0 aliphatic carbocycles. The van der Waals surface area contributed by atoms with E-state index in [-0.39, 0.29) is 24.4 Å². The summed E-state index contributed by atoms with van der Waals surface area (Å²) < 4.78 is 25.0. The van der Waals surface area contributed by atoms with Gasteiger partial charge in [-0.05, 0) is 57.0 Å². The van der Waals surface area contributed by atoms with Crippen LogP contribution in [-0.2, 0) is 20.9 Å². The number of rotatable bonds is 5. The Labute approximate surface area is 182 Å². The quantitative estimate of drug-likeness (QED) is 0.752. The van der Waals surface area contributed by atoms with Gasteiger partial charge in [0, 0.05) is 12.1 Å². The Kier molecular flexibility index (Phi) is 6.95. The van der Waals surface area contributed by atoms with Crippen LogP contribution in [0.2, 0.25) is 0 Å². The second-order valence-electron chi connectivity index (χ2n) is 8.76. The number of anilines is 1. The van der Waals surface area contributed by atoms with Crippen molar-refractivity contribution >= 4 is 17.7 Å². The summed E-state index contributed by atoms with van der Waals surface area (Å²) in [6, 6.07) is 13.3. The highest BCUT2D eigenvalue weighted by atomic mass is 19.1. The standard InChI is InChI=1S/C24H29FN2O4/c1-16-12-18(10-11-20(16)25)26-22(28)21-13-19(30-15-17-8-6-5-7-9-17)14-27(21)23(29)31-24(2,3)4/h5-12,19,21H,13-15H2,1-4H3,(H,26,28)/t19-,21-/m0/s1. The van der Waals surface area contributed by atoms with E-state index >= 15 is 0 Å². The van der Waals surface area contributed by atoms with Crippen LogP contribution in [-0.4, -0.2) is 41.2 Å². The minimum absolute atomic E-state index is 0.252. The first-order valence-electron chi connectivity index (χ1n) is 10.3. The lowest BCUT2D eigenvalue weighted by Gasteiger charge is -2.28. The van der Waals surface area contributed by atoms with Crippen molar-refractivity contribution in [2.24, 2.45) is 0 Å². The smallest absolute Gasteiger partial charge is 0.411 e. The summed E-state index contributed by atoms with van der Waals surface area (Å²) in [5.41, 5.74) is 1.23. The molecule has 1 saturated heterocycles. The predicted octanol–water partition coefficient (Wildman–Crippen LogP) is 4.67. The monoisotopic (exact) mass is 428 g/mol. The number of benzene rings is 2. The van der Waals surface area contributed by atoms with Gasteiger partial charge in [0.25, 0.3) is 0 Å². The van der Waals surface area contributed by atoms with Gasteiger partial charge in [0.1, 0.15) is 17.5 Å². The number of ether oxygens (including phenoxy) is 2. The van der Waals surface area contributed by atoms with Crippen molar-refractivity contribution in [1.82, 2.24) is 4.90 Å². The lowest BCUT2D eigenvalue weighted by molar-refractivity contribution is -0.120. The topological polar surface area (TPSA) is 67.9 Å². The molecule has 2 aromatic rings. The molecule has 0 aromatic heterocycles. The van der Waals surface area contributed by atoms with Crippen molar-refractivity contribution in [2.75, 3.05) is 11.9 Å². The molecule has 0 spiro atoms. The molecule has 1 aliphatic rings. The Hall–Kier alpha value is -2.93. The lowest BCUT2D eigenvalue weighted by Crippen LogP contribution is -2.45. The van der Waals surface area contributed by atoms with E-state index in [4.69, 9.17) is 9.47 Å². The number of halogens is 1. The van der Waals surface area contributed by atoms with Crippen LogP contribution < -0.4 is 5.32 Å². The molecule has 1 N–H and O–H groups in total. The Bertz CT molecular complexity index is 927. The van der Waals surface area contributed by atoms with E-state index in [2.05, 4.69) is 5.32 Å². The first kappa shape index (κ1) is 22.7. The molecule has 2 aromatic carbocycles. The van der Waals surface area contributed by atoms with Crippen molar-refractivity contribution in [1.29, 1.82) is 0 Å². The molecule has 3 rings (SSSR count). The third-order valence-corrected chi connectivity index (χ3v) is 4.95. The largest absolute Gasteiger partial charge is 0.444 e. The summed E-state index contributed by atoms with van der Waals surface area (Å²) in [6.07, 6.45) is -0.523. The van der Waals surface area contributed by atoms with Gasteiger partial charge < -0.3 is 14.8 Å². The molecule has 0 unspecified atom stereocenters. The number of hydrogen-bond acceptors (Lipinski definition) is 4. The summed E-state index contributed by atoms with van der Waals surface area (Å²) in [5.74, 6) is -0.702. The number of amides is 2. The zero-order valence-electron chi connectivity index (χ0n) is 18.4. The fourth-order valence-corrected chi connectivity index (χ4v) is 3.43. The second kappa shape index (κ2) is 9.47. The van der Waals surface area contributed by atoms with Crippen LogP contribution >= 0.6 is 0 Å². The highest BCUT2D eigenvalue weighted by Crippen LogP contribution is 2.26. The summed E-state index contributed by atoms with van der Waals surface area (Å²) in [4.78, 5) is 27.2. The van der Waals surface area contributed by atoms with Crippen molar-refractivity contribution in [3.63, 3.8) is 0 Å². The van der Waals surface area contributed by atoms with Gasteiger partial charge >= 0.3 is 6.09 Å². The van der Waals surface area contributed by atoms with Crippen molar-refractivity contribution in [2.45, 2.75) is 58.5 Å². The molecule has 7 heteroatoms. The summed E-state index contributed by atoms with van der Waals surface area (Å²) >= 11 is 0. The Balaban J connectivity index is 1.72. The molecule has 31 heavy (non-hydrogen) atoms. The van der Waals surface area contributed by atoms with Crippen molar-refractivity contribution < 1.29 is 23.5 Å². The van der Waals surface area contributed by atoms with Gasteiger partial charge in [-0.3, -0.25) is 9.69 Å². The van der Waals surface area contributed by atoms with Gasteiger partial charge in [-0.1, -0.05) is 30.3 Å². The molecular formula is C24H29FN2O4. The van der Waals surface area contributed by atoms with E-state index in [9.17, 15) is 14.0 Å². The molecule has 1 aliphatic heterocycles. The maximum absolute atomic E-state index is 13.5. The van der Waals surface area contributed by atoms with Gasteiger partial charge in [-0.2, -0.15) is 0 Å². The minimum atomic E-state index is -0.749. The van der Waals surface area contributed by atoms with E-state index in [1.54, 1.807) is 33.8 Å². The predicted molar refractivity (Wildman–Crippen MR) is 116 cm³/mol.